The fraction of sp³-hybridized carbons (Fsp3) is 0.611. The molecule has 0 heterocycles. The van der Waals surface area contributed by atoms with Gasteiger partial charge in [0, 0.05) is 40.3 Å². The fourth-order valence-electron chi connectivity index (χ4n) is 2.74. The van der Waals surface area contributed by atoms with Crippen molar-refractivity contribution in [2.75, 3.05) is 37.5 Å². The number of amides is 1. The second kappa shape index (κ2) is 10.7. The number of nitrogens with zero attached hydrogens (tertiary/aromatic N) is 2. The molecule has 0 bridgehead atoms. The van der Waals surface area contributed by atoms with Crippen LogP contribution in [0.5, 0.6) is 0 Å². The molecule has 1 rings (SSSR count). The first kappa shape index (κ1) is 20.9. The van der Waals surface area contributed by atoms with Gasteiger partial charge in [0.25, 0.3) is 5.69 Å². The SMILES string of the molecule is CCCC(CCCOC)CNc1ccc(N(C)C(C)=O)cc1[N+](=O)[O-]. The van der Waals surface area contributed by atoms with Crippen LogP contribution >= 0.6 is 0 Å². The molecule has 0 spiro atoms. The van der Waals surface area contributed by atoms with Crippen LogP contribution in [0.25, 0.3) is 0 Å². The van der Waals surface area contributed by atoms with Gasteiger partial charge in [-0.05, 0) is 37.3 Å². The molecular weight excluding hydrogens is 322 g/mol. The van der Waals surface area contributed by atoms with E-state index in [0.29, 0.717) is 23.8 Å². The molecule has 1 atom stereocenters. The van der Waals surface area contributed by atoms with E-state index in [1.165, 1.54) is 17.9 Å². The van der Waals surface area contributed by atoms with Crippen molar-refractivity contribution in [1.82, 2.24) is 0 Å². The van der Waals surface area contributed by atoms with Crippen molar-refractivity contribution >= 4 is 23.0 Å². The predicted octanol–water partition coefficient (Wildman–Crippen LogP) is 3.83. The second-order valence-electron chi connectivity index (χ2n) is 6.21. The van der Waals surface area contributed by atoms with Crippen LogP contribution in [-0.4, -0.2) is 38.1 Å². The van der Waals surface area contributed by atoms with Crippen LogP contribution < -0.4 is 10.2 Å². The maximum absolute atomic E-state index is 11.5. The molecule has 1 unspecified atom stereocenters. The normalized spacial score (nSPS) is 11.8. The number of hydrogen-bond donors (Lipinski definition) is 1. The number of anilines is 2. The highest BCUT2D eigenvalue weighted by Gasteiger charge is 2.18. The molecule has 0 aliphatic heterocycles. The number of carbonyl (C=O) groups is 1. The summed E-state index contributed by atoms with van der Waals surface area (Å²) >= 11 is 0. The van der Waals surface area contributed by atoms with Crippen molar-refractivity contribution in [2.24, 2.45) is 5.92 Å². The van der Waals surface area contributed by atoms with E-state index < -0.39 is 4.92 Å². The van der Waals surface area contributed by atoms with E-state index in [0.717, 1.165) is 32.3 Å². The minimum absolute atomic E-state index is 0.0160. The van der Waals surface area contributed by atoms with E-state index in [1.807, 2.05) is 0 Å². The molecule has 140 valence electrons. The van der Waals surface area contributed by atoms with Gasteiger partial charge in [-0.3, -0.25) is 14.9 Å². The zero-order chi connectivity index (χ0) is 18.8. The Hall–Kier alpha value is -2.15. The highest BCUT2D eigenvalue weighted by atomic mass is 16.6. The van der Waals surface area contributed by atoms with Gasteiger partial charge in [0.2, 0.25) is 5.91 Å². The molecule has 0 aliphatic rings. The van der Waals surface area contributed by atoms with Gasteiger partial charge < -0.3 is 15.0 Å². The molecule has 1 aromatic rings. The van der Waals surface area contributed by atoms with Gasteiger partial charge in [0.1, 0.15) is 5.69 Å². The Labute approximate surface area is 149 Å². The van der Waals surface area contributed by atoms with Crippen LogP contribution in [0.1, 0.15) is 39.5 Å². The molecule has 0 saturated heterocycles. The quantitative estimate of drug-likeness (QED) is 0.372. The maximum Gasteiger partial charge on any atom is 0.294 e. The van der Waals surface area contributed by atoms with Gasteiger partial charge in [-0.15, -0.1) is 0 Å². The van der Waals surface area contributed by atoms with Crippen LogP contribution in [0.15, 0.2) is 18.2 Å². The van der Waals surface area contributed by atoms with Crippen LogP contribution in [0.3, 0.4) is 0 Å². The minimum Gasteiger partial charge on any atom is -0.385 e. The summed E-state index contributed by atoms with van der Waals surface area (Å²) in [6.07, 6.45) is 4.14. The fourth-order valence-corrected chi connectivity index (χ4v) is 2.74. The molecule has 0 aliphatic carbocycles. The Morgan fingerprint density at radius 1 is 1.40 bits per heavy atom. The highest BCUT2D eigenvalue weighted by molar-refractivity contribution is 5.91. The Bertz CT molecular complexity index is 577. The molecule has 0 saturated carbocycles. The lowest BCUT2D eigenvalue weighted by Gasteiger charge is -2.19. The van der Waals surface area contributed by atoms with Crippen LogP contribution in [0.4, 0.5) is 17.1 Å². The molecule has 0 fully saturated rings. The summed E-state index contributed by atoms with van der Waals surface area (Å²) in [7, 11) is 3.29. The topological polar surface area (TPSA) is 84.7 Å². The predicted molar refractivity (Wildman–Crippen MR) is 100 cm³/mol. The van der Waals surface area contributed by atoms with Gasteiger partial charge in [-0.2, -0.15) is 0 Å². The molecule has 1 N–H and O–H groups in total. The third-order valence-corrected chi connectivity index (χ3v) is 4.28. The van der Waals surface area contributed by atoms with Crippen molar-refractivity contribution in [3.8, 4) is 0 Å². The van der Waals surface area contributed by atoms with Crippen LogP contribution in [-0.2, 0) is 9.53 Å². The second-order valence-corrected chi connectivity index (χ2v) is 6.21. The van der Waals surface area contributed by atoms with Crippen LogP contribution in [0, 0.1) is 16.0 Å². The molecule has 25 heavy (non-hydrogen) atoms. The molecular formula is C18H29N3O4. The third kappa shape index (κ3) is 6.70. The van der Waals surface area contributed by atoms with Gasteiger partial charge in [0.15, 0.2) is 0 Å². The number of nitro benzene ring substituents is 1. The van der Waals surface area contributed by atoms with Crippen molar-refractivity contribution in [3.05, 3.63) is 28.3 Å². The van der Waals surface area contributed by atoms with Crippen molar-refractivity contribution in [3.63, 3.8) is 0 Å². The lowest BCUT2D eigenvalue weighted by molar-refractivity contribution is -0.383. The largest absolute Gasteiger partial charge is 0.385 e. The standard InChI is InChI=1S/C18H29N3O4/c1-5-7-15(8-6-11-25-4)13-19-17-10-9-16(20(3)14(2)22)12-18(17)21(23)24/h9-10,12,15,19H,5-8,11,13H2,1-4H3. The molecule has 7 nitrogen and oxygen atoms in total. The first-order valence-electron chi connectivity index (χ1n) is 8.66. The average Bonchev–Trinajstić information content (AvgIpc) is 2.58. The van der Waals surface area contributed by atoms with Crippen LogP contribution in [0.2, 0.25) is 0 Å². The Morgan fingerprint density at radius 3 is 2.68 bits per heavy atom. The zero-order valence-electron chi connectivity index (χ0n) is 15.6. The van der Waals surface area contributed by atoms with E-state index >= 15 is 0 Å². The van der Waals surface area contributed by atoms with E-state index in [4.69, 9.17) is 4.74 Å². The number of nitro groups is 1. The lowest BCUT2D eigenvalue weighted by atomic mass is 9.98. The summed E-state index contributed by atoms with van der Waals surface area (Å²) in [6.45, 7) is 4.97. The number of benzene rings is 1. The Balaban J connectivity index is 2.85. The maximum atomic E-state index is 11.5. The average molecular weight is 351 g/mol. The van der Waals surface area contributed by atoms with E-state index in [9.17, 15) is 14.9 Å². The lowest BCUT2D eigenvalue weighted by Crippen LogP contribution is -2.23. The van der Waals surface area contributed by atoms with Gasteiger partial charge in [0.05, 0.1) is 10.6 Å². The number of nitrogens with one attached hydrogen (secondary N) is 1. The first-order chi connectivity index (χ1) is 11.9. The summed E-state index contributed by atoms with van der Waals surface area (Å²) in [5, 5.41) is 14.6. The summed E-state index contributed by atoms with van der Waals surface area (Å²) in [5.41, 5.74) is 0.978. The number of rotatable bonds is 11. The molecule has 1 amide bonds. The summed E-state index contributed by atoms with van der Waals surface area (Å²) < 4.78 is 5.10. The zero-order valence-corrected chi connectivity index (χ0v) is 15.6. The van der Waals surface area contributed by atoms with Crippen molar-refractivity contribution in [2.45, 2.75) is 39.5 Å². The van der Waals surface area contributed by atoms with E-state index in [2.05, 4.69) is 12.2 Å². The number of methoxy groups -OCH3 is 1. The molecule has 7 heteroatoms. The van der Waals surface area contributed by atoms with E-state index in [1.54, 1.807) is 26.3 Å². The Kier molecular flexibility index (Phi) is 8.91. The minimum atomic E-state index is -0.417. The van der Waals surface area contributed by atoms with Gasteiger partial charge in [-0.1, -0.05) is 13.3 Å². The number of ether oxygens (including phenoxy) is 1. The molecule has 1 aromatic carbocycles. The number of hydrogen-bond acceptors (Lipinski definition) is 5. The highest BCUT2D eigenvalue weighted by Crippen LogP contribution is 2.30. The molecule has 0 aromatic heterocycles. The third-order valence-electron chi connectivity index (χ3n) is 4.28. The monoisotopic (exact) mass is 351 g/mol. The summed E-state index contributed by atoms with van der Waals surface area (Å²) in [6, 6.07) is 4.82. The van der Waals surface area contributed by atoms with Gasteiger partial charge in [-0.25, -0.2) is 0 Å². The number of carbonyl (C=O) groups excluding carboxylic acids is 1. The van der Waals surface area contributed by atoms with Crippen molar-refractivity contribution < 1.29 is 14.5 Å². The Morgan fingerprint density at radius 2 is 2.12 bits per heavy atom. The first-order valence-corrected chi connectivity index (χ1v) is 8.66. The van der Waals surface area contributed by atoms with E-state index in [-0.39, 0.29) is 11.6 Å². The summed E-state index contributed by atoms with van der Waals surface area (Å²) in [5.74, 6) is 0.274. The van der Waals surface area contributed by atoms with Gasteiger partial charge >= 0.3 is 0 Å². The molecule has 0 radical (unpaired) electrons. The van der Waals surface area contributed by atoms with Crippen molar-refractivity contribution in [1.29, 1.82) is 0 Å². The summed E-state index contributed by atoms with van der Waals surface area (Å²) in [4.78, 5) is 23.8. The smallest absolute Gasteiger partial charge is 0.294 e.